The molecule has 11 heteroatoms. The first kappa shape index (κ1) is 46.6. The van der Waals surface area contributed by atoms with Gasteiger partial charge >= 0.3 is 6.09 Å². The number of oxime groups is 1. The zero-order chi connectivity index (χ0) is 42.6. The van der Waals surface area contributed by atoms with Gasteiger partial charge in [0.1, 0.15) is 23.1 Å². The van der Waals surface area contributed by atoms with Gasteiger partial charge in [-0.25, -0.2) is 4.79 Å². The van der Waals surface area contributed by atoms with Crippen LogP contribution in [-0.4, -0.2) is 89.7 Å². The van der Waals surface area contributed by atoms with Gasteiger partial charge in [0.2, 0.25) is 5.79 Å². The van der Waals surface area contributed by atoms with Crippen LogP contribution in [0, 0.1) is 23.2 Å². The van der Waals surface area contributed by atoms with Gasteiger partial charge in [-0.2, -0.15) is 0 Å². The molecule has 326 valence electrons. The summed E-state index contributed by atoms with van der Waals surface area (Å²) in [6.07, 6.45) is 9.53. The van der Waals surface area contributed by atoms with Crippen LogP contribution in [0.5, 0.6) is 11.5 Å². The van der Waals surface area contributed by atoms with Gasteiger partial charge in [-0.15, -0.1) is 18.3 Å². The lowest BCUT2D eigenvalue weighted by Crippen LogP contribution is -2.70. The predicted molar refractivity (Wildman–Crippen MR) is 236 cm³/mol. The fraction of sp³-hybridized carbons (Fsp3) is 0.625. The van der Waals surface area contributed by atoms with Gasteiger partial charge in [0, 0.05) is 48.3 Å². The third kappa shape index (κ3) is 12.1. The molecule has 1 heterocycles. The molecule has 2 aromatic rings. The van der Waals surface area contributed by atoms with Crippen molar-refractivity contribution in [1.29, 1.82) is 0 Å². The number of hydrogen-bond acceptors (Lipinski definition) is 10. The molecule has 3 aliphatic rings. The first-order valence-corrected chi connectivity index (χ1v) is 22.7. The highest BCUT2D eigenvalue weighted by Gasteiger charge is 2.65. The molecule has 0 radical (unpaired) electrons. The number of hydrogen-bond donors (Lipinski definition) is 2. The van der Waals surface area contributed by atoms with E-state index >= 15 is 0 Å². The molecule has 2 N–H and O–H groups in total. The number of allylic oxidation sites excluding steroid dienone is 1. The number of thioether (sulfide) groups is 1. The second-order valence-corrected chi connectivity index (χ2v) is 19.5. The Balaban J connectivity index is 1.70. The Morgan fingerprint density at radius 3 is 2.42 bits per heavy atom. The van der Waals surface area contributed by atoms with Gasteiger partial charge in [-0.1, -0.05) is 76.0 Å². The molecule has 0 spiro atoms. The summed E-state index contributed by atoms with van der Waals surface area (Å²) < 4.78 is 27.0. The molecular weight excluding hydrogens is 765 g/mol. The maximum absolute atomic E-state index is 14.4. The monoisotopic (exact) mass is 834 g/mol. The molecule has 1 fully saturated rings. The van der Waals surface area contributed by atoms with Crippen molar-refractivity contribution in [3.8, 4) is 11.5 Å². The number of unbranched alkanes of at least 4 members (excludes halogenated alkanes) is 2. The highest BCUT2D eigenvalue weighted by Crippen LogP contribution is 2.62. The van der Waals surface area contributed by atoms with Crippen LogP contribution in [-0.2, 0) is 14.3 Å². The Morgan fingerprint density at radius 1 is 1.03 bits per heavy atom. The van der Waals surface area contributed by atoms with Crippen molar-refractivity contribution >= 4 is 23.6 Å². The van der Waals surface area contributed by atoms with Gasteiger partial charge < -0.3 is 34.0 Å². The van der Waals surface area contributed by atoms with Crippen LogP contribution < -0.4 is 9.47 Å². The van der Waals surface area contributed by atoms with E-state index in [2.05, 4.69) is 37.8 Å². The molecule has 5 rings (SSSR count). The summed E-state index contributed by atoms with van der Waals surface area (Å²) in [6.45, 7) is 19.8. The molecule has 1 aliphatic heterocycles. The Morgan fingerprint density at radius 2 is 1.76 bits per heavy atom. The lowest BCUT2D eigenvalue weighted by Gasteiger charge is -2.60. The van der Waals surface area contributed by atoms with E-state index in [4.69, 9.17) is 28.9 Å². The zero-order valence-electron chi connectivity index (χ0n) is 36.6. The van der Waals surface area contributed by atoms with E-state index < -0.39 is 29.4 Å². The summed E-state index contributed by atoms with van der Waals surface area (Å²) in [4.78, 5) is 23.7. The van der Waals surface area contributed by atoms with Gasteiger partial charge in [-0.3, -0.25) is 4.90 Å². The average Bonchev–Trinajstić information content (AvgIpc) is 3.20. The van der Waals surface area contributed by atoms with Gasteiger partial charge in [0.25, 0.3) is 0 Å². The lowest BCUT2D eigenvalue weighted by molar-refractivity contribution is -0.255. The molecule has 2 aliphatic carbocycles. The Kier molecular flexibility index (Phi) is 16.8. The quantitative estimate of drug-likeness (QED) is 0.0548. The maximum atomic E-state index is 14.4. The summed E-state index contributed by atoms with van der Waals surface area (Å²) in [5.41, 5.74) is 2.00. The van der Waals surface area contributed by atoms with E-state index in [1.165, 1.54) is 4.90 Å². The van der Waals surface area contributed by atoms with Gasteiger partial charge in [-0.05, 0) is 106 Å². The van der Waals surface area contributed by atoms with Crippen molar-refractivity contribution in [3.05, 3.63) is 78.4 Å². The molecular formula is C48H70N2O8S. The molecule has 0 bridgehead atoms. The minimum Gasteiger partial charge on any atom is -0.493 e. The van der Waals surface area contributed by atoms with Crippen molar-refractivity contribution in [2.24, 2.45) is 28.3 Å². The number of amides is 1. The lowest BCUT2D eigenvalue weighted by atomic mass is 9.55. The number of carbonyl (C=O) groups is 1. The standard InChI is InChI=1S/C48H70N2O8S/c1-9-24-50(45(53)55-33-46(3,4)5)42-32-40(49-58-47(6,7)8)38-30-34(18-14-16-25-51)37(21-15-17-26-52)43-39-31-35(54-28-29-59-36-19-12-11-13-20-36)22-23-41(39)57-48(42,44(38)43)56-27-10-2/h10-13,19-20,22-23,30-31,34,37,42-44,51-52H,2,9,14-18,21,24-29,32-33H2,1,3-8H3/t34-,37+,42-,43+,44+,48+/m0/s1. The van der Waals surface area contributed by atoms with Crippen LogP contribution in [0.3, 0.4) is 0 Å². The van der Waals surface area contributed by atoms with E-state index in [-0.39, 0.29) is 49.6 Å². The zero-order valence-corrected chi connectivity index (χ0v) is 37.4. The number of ether oxygens (including phenoxy) is 4. The Bertz CT molecular complexity index is 1720. The maximum Gasteiger partial charge on any atom is 0.410 e. The van der Waals surface area contributed by atoms with Crippen molar-refractivity contribution < 1.29 is 38.8 Å². The molecule has 0 unspecified atom stereocenters. The summed E-state index contributed by atoms with van der Waals surface area (Å²) in [5.74, 6) is 0.615. The van der Waals surface area contributed by atoms with Crippen molar-refractivity contribution in [1.82, 2.24) is 4.90 Å². The molecule has 0 aromatic heterocycles. The highest BCUT2D eigenvalue weighted by atomic mass is 32.2. The van der Waals surface area contributed by atoms with Crippen LogP contribution in [0.2, 0.25) is 0 Å². The summed E-state index contributed by atoms with van der Waals surface area (Å²) in [5, 5.41) is 24.8. The first-order chi connectivity index (χ1) is 28.2. The molecule has 10 nitrogen and oxygen atoms in total. The number of benzene rings is 2. The number of aliphatic hydroxyl groups excluding tert-OH is 2. The van der Waals surface area contributed by atoms with Crippen molar-refractivity contribution in [3.63, 3.8) is 0 Å². The number of nitrogens with zero attached hydrogens (tertiary/aromatic N) is 2. The van der Waals surface area contributed by atoms with E-state index in [0.717, 1.165) is 54.0 Å². The molecule has 2 aromatic carbocycles. The molecule has 1 saturated carbocycles. The summed E-state index contributed by atoms with van der Waals surface area (Å²) in [7, 11) is 0. The van der Waals surface area contributed by atoms with Crippen LogP contribution in [0.25, 0.3) is 0 Å². The Hall–Kier alpha value is -3.51. The largest absolute Gasteiger partial charge is 0.493 e. The van der Waals surface area contributed by atoms with Gasteiger partial charge in [0.15, 0.2) is 0 Å². The summed E-state index contributed by atoms with van der Waals surface area (Å²) in [6, 6.07) is 15.8. The second kappa shape index (κ2) is 21.3. The molecule has 0 saturated heterocycles. The van der Waals surface area contributed by atoms with E-state index in [0.29, 0.717) is 44.6 Å². The number of carbonyl (C=O) groups excluding carboxylic acids is 1. The SMILES string of the molecule is C=CCO[C@@]12Oc3ccc(OCCSc4ccccc4)cc3[C@H]3[C@H](CCCCO)[C@@H](CCCCO)C=C(C(=NOC(C)(C)C)C[C@@H]1N(CCC)C(=O)OCC(C)(C)C)[C@H]32. The molecule has 6 atom stereocenters. The fourth-order valence-corrected chi connectivity index (χ4v) is 9.49. The number of rotatable bonds is 21. The second-order valence-electron chi connectivity index (χ2n) is 18.3. The molecule has 59 heavy (non-hydrogen) atoms. The van der Waals surface area contributed by atoms with E-state index in [1.807, 2.05) is 71.9 Å². The average molecular weight is 835 g/mol. The first-order valence-electron chi connectivity index (χ1n) is 21.8. The number of fused-ring (bicyclic) bond motifs is 2. The fourth-order valence-electron chi connectivity index (χ4n) is 8.74. The van der Waals surface area contributed by atoms with Gasteiger partial charge in [0.05, 0.1) is 31.5 Å². The van der Waals surface area contributed by atoms with Crippen LogP contribution in [0.1, 0.15) is 111 Å². The highest BCUT2D eigenvalue weighted by molar-refractivity contribution is 7.99. The normalized spacial score (nSPS) is 24.3. The van der Waals surface area contributed by atoms with Crippen LogP contribution in [0.4, 0.5) is 4.79 Å². The topological polar surface area (TPSA) is 119 Å². The van der Waals surface area contributed by atoms with E-state index in [9.17, 15) is 15.0 Å². The van der Waals surface area contributed by atoms with Crippen LogP contribution in [0.15, 0.2) is 82.9 Å². The third-order valence-corrected chi connectivity index (χ3v) is 12.1. The smallest absolute Gasteiger partial charge is 0.410 e. The van der Waals surface area contributed by atoms with Crippen molar-refractivity contribution in [2.45, 2.75) is 128 Å². The molecule has 1 amide bonds. The minimum absolute atomic E-state index is 0.114. The van der Waals surface area contributed by atoms with E-state index in [1.54, 1.807) is 22.7 Å². The number of aliphatic hydroxyl groups is 2. The van der Waals surface area contributed by atoms with Crippen LogP contribution >= 0.6 is 11.8 Å². The third-order valence-electron chi connectivity index (χ3n) is 11.1. The Labute approximate surface area is 357 Å². The predicted octanol–water partition coefficient (Wildman–Crippen LogP) is 10.2. The summed E-state index contributed by atoms with van der Waals surface area (Å²) >= 11 is 1.76. The minimum atomic E-state index is -1.34. The van der Waals surface area contributed by atoms with Crippen molar-refractivity contribution in [2.75, 3.05) is 45.3 Å².